The van der Waals surface area contributed by atoms with Crippen LogP contribution in [0.2, 0.25) is 0 Å². The van der Waals surface area contributed by atoms with Crippen molar-refractivity contribution in [3.8, 4) is 11.6 Å². The number of tetrazole rings is 1. The van der Waals surface area contributed by atoms with Crippen molar-refractivity contribution < 1.29 is 14.6 Å². The molecule has 34 heavy (non-hydrogen) atoms. The minimum absolute atomic E-state index is 0.226. The van der Waals surface area contributed by atoms with Gasteiger partial charge in [-0.1, -0.05) is 37.3 Å². The number of hydrogen-bond donors (Lipinski definition) is 3. The second-order valence-corrected chi connectivity index (χ2v) is 9.38. The monoisotopic (exact) mass is 464 g/mol. The second kappa shape index (κ2) is 11.2. The topological polar surface area (TPSA) is 126 Å². The van der Waals surface area contributed by atoms with Crippen LogP contribution in [-0.4, -0.2) is 49.8 Å². The van der Waals surface area contributed by atoms with E-state index in [-0.39, 0.29) is 5.92 Å². The summed E-state index contributed by atoms with van der Waals surface area (Å²) in [5, 5.41) is 27.6. The number of pyridine rings is 1. The van der Waals surface area contributed by atoms with Gasteiger partial charge in [-0.25, -0.2) is 4.98 Å². The molecular weight excluding hydrogens is 432 g/mol. The molecule has 2 aromatic heterocycles. The van der Waals surface area contributed by atoms with Gasteiger partial charge in [0.15, 0.2) is 5.82 Å². The highest BCUT2D eigenvalue weighted by Gasteiger charge is 2.33. The van der Waals surface area contributed by atoms with Crippen LogP contribution in [-0.2, 0) is 11.2 Å². The Morgan fingerprint density at radius 2 is 2.15 bits per heavy atom. The Morgan fingerprint density at radius 3 is 2.79 bits per heavy atom. The Hall–Kier alpha value is -3.33. The predicted octanol–water partition coefficient (Wildman–Crippen LogP) is 3.93. The molecule has 1 unspecified atom stereocenters. The van der Waals surface area contributed by atoms with Gasteiger partial charge in [0.1, 0.15) is 5.75 Å². The first-order valence-electron chi connectivity index (χ1n) is 11.9. The van der Waals surface area contributed by atoms with Crippen LogP contribution in [0.5, 0.6) is 11.6 Å². The van der Waals surface area contributed by atoms with Crippen molar-refractivity contribution in [2.75, 3.05) is 13.1 Å². The molecule has 0 spiro atoms. The normalized spacial score (nSPS) is 17.9. The fourth-order valence-corrected chi connectivity index (χ4v) is 4.62. The molecule has 1 aliphatic heterocycles. The van der Waals surface area contributed by atoms with Crippen molar-refractivity contribution in [1.82, 2.24) is 30.9 Å². The van der Waals surface area contributed by atoms with Crippen molar-refractivity contribution >= 4 is 5.97 Å². The Kier molecular flexibility index (Phi) is 7.84. The van der Waals surface area contributed by atoms with E-state index in [9.17, 15) is 9.90 Å². The zero-order chi connectivity index (χ0) is 23.9. The number of aromatic amines is 1. The van der Waals surface area contributed by atoms with E-state index in [2.05, 4.69) is 43.1 Å². The lowest BCUT2D eigenvalue weighted by Crippen LogP contribution is -2.28. The number of carboxylic acids is 1. The molecule has 1 saturated heterocycles. The van der Waals surface area contributed by atoms with Crippen molar-refractivity contribution in [1.29, 1.82) is 0 Å². The maximum absolute atomic E-state index is 12.0. The van der Waals surface area contributed by atoms with E-state index in [4.69, 9.17) is 4.74 Å². The lowest BCUT2D eigenvalue weighted by molar-refractivity contribution is -0.143. The van der Waals surface area contributed by atoms with Crippen molar-refractivity contribution in [2.45, 2.75) is 51.4 Å². The van der Waals surface area contributed by atoms with Gasteiger partial charge in [-0.15, -0.1) is 10.2 Å². The molecule has 9 heteroatoms. The number of aliphatic carboxylic acids is 1. The molecule has 0 aliphatic carbocycles. The SMILES string of the molecule is CC(C)C[C@H](C(=O)O)[C@H](Cc1ccc(Oc2cccc(C3CCCNC3)c2)nc1)c1nn[nH]n1. The third-order valence-electron chi connectivity index (χ3n) is 6.32. The number of carboxylic acid groups (broad SMARTS) is 1. The minimum atomic E-state index is -0.857. The smallest absolute Gasteiger partial charge is 0.307 e. The number of ether oxygens (including phenoxy) is 1. The van der Waals surface area contributed by atoms with E-state index in [1.54, 1.807) is 6.20 Å². The molecule has 180 valence electrons. The number of benzene rings is 1. The largest absolute Gasteiger partial charge is 0.481 e. The number of rotatable bonds is 10. The summed E-state index contributed by atoms with van der Waals surface area (Å²) in [5.74, 6) is 0.504. The number of nitrogens with one attached hydrogen (secondary N) is 2. The summed E-state index contributed by atoms with van der Waals surface area (Å²) in [4.78, 5) is 16.5. The summed E-state index contributed by atoms with van der Waals surface area (Å²) in [7, 11) is 0. The van der Waals surface area contributed by atoms with Crippen LogP contribution in [0.1, 0.15) is 61.9 Å². The van der Waals surface area contributed by atoms with Crippen molar-refractivity contribution in [3.05, 3.63) is 59.5 Å². The van der Waals surface area contributed by atoms with Crippen molar-refractivity contribution in [3.63, 3.8) is 0 Å². The molecule has 0 bridgehead atoms. The van der Waals surface area contributed by atoms with Crippen LogP contribution in [0.15, 0.2) is 42.6 Å². The lowest BCUT2D eigenvalue weighted by atomic mass is 9.81. The number of piperidine rings is 1. The summed E-state index contributed by atoms with van der Waals surface area (Å²) in [6.45, 7) is 6.10. The number of H-pyrrole nitrogens is 1. The maximum atomic E-state index is 12.0. The summed E-state index contributed by atoms with van der Waals surface area (Å²) in [6.07, 6.45) is 5.06. The van der Waals surface area contributed by atoms with Gasteiger partial charge in [0.05, 0.1) is 5.92 Å². The molecule has 1 aromatic carbocycles. The molecule has 4 rings (SSSR count). The molecule has 3 heterocycles. The van der Waals surface area contributed by atoms with Crippen LogP contribution < -0.4 is 10.1 Å². The highest BCUT2D eigenvalue weighted by molar-refractivity contribution is 5.71. The van der Waals surface area contributed by atoms with E-state index < -0.39 is 17.8 Å². The molecule has 0 saturated carbocycles. The maximum Gasteiger partial charge on any atom is 0.307 e. The molecule has 3 atom stereocenters. The van der Waals surface area contributed by atoms with Gasteiger partial charge < -0.3 is 15.2 Å². The number of carbonyl (C=O) groups is 1. The number of nitrogens with zero attached hydrogens (tertiary/aromatic N) is 4. The standard InChI is InChI=1S/C25H32N6O3/c1-16(2)11-22(25(32)33)21(24-28-30-31-29-24)12-17-8-9-23(27-14-17)34-20-7-3-5-18(13-20)19-6-4-10-26-15-19/h3,5,7-9,13-14,16,19,21-22,26H,4,6,10-12,15H2,1-2H3,(H,32,33)(H,28,29,30,31)/t19?,21-,22-/m0/s1. The number of aromatic nitrogens is 5. The zero-order valence-electron chi connectivity index (χ0n) is 19.6. The third kappa shape index (κ3) is 6.17. The Morgan fingerprint density at radius 1 is 1.26 bits per heavy atom. The summed E-state index contributed by atoms with van der Waals surface area (Å²) in [6, 6.07) is 11.9. The summed E-state index contributed by atoms with van der Waals surface area (Å²) >= 11 is 0. The van der Waals surface area contributed by atoms with E-state index >= 15 is 0 Å². The van der Waals surface area contributed by atoms with Gasteiger partial charge in [0.25, 0.3) is 0 Å². The lowest BCUT2D eigenvalue weighted by Gasteiger charge is -2.23. The first-order chi connectivity index (χ1) is 16.5. The molecule has 9 nitrogen and oxygen atoms in total. The van der Waals surface area contributed by atoms with Crippen LogP contribution in [0.4, 0.5) is 0 Å². The summed E-state index contributed by atoms with van der Waals surface area (Å²) in [5.41, 5.74) is 2.16. The molecule has 0 radical (unpaired) electrons. The van der Waals surface area contributed by atoms with Crippen LogP contribution >= 0.6 is 0 Å². The Balaban J connectivity index is 1.46. The van der Waals surface area contributed by atoms with Gasteiger partial charge in [-0.2, -0.15) is 5.21 Å². The minimum Gasteiger partial charge on any atom is -0.481 e. The summed E-state index contributed by atoms with van der Waals surface area (Å²) < 4.78 is 6.02. The quantitative estimate of drug-likeness (QED) is 0.412. The first kappa shape index (κ1) is 23.8. The third-order valence-corrected chi connectivity index (χ3v) is 6.32. The average molecular weight is 465 g/mol. The highest BCUT2D eigenvalue weighted by Crippen LogP contribution is 2.32. The molecule has 3 aromatic rings. The van der Waals surface area contributed by atoms with Crippen LogP contribution in [0.3, 0.4) is 0 Å². The van der Waals surface area contributed by atoms with Gasteiger partial charge in [0, 0.05) is 24.7 Å². The second-order valence-electron chi connectivity index (χ2n) is 9.38. The molecule has 1 fully saturated rings. The molecule has 1 aliphatic rings. The molecular formula is C25H32N6O3. The van der Waals surface area contributed by atoms with Gasteiger partial charge in [-0.05, 0) is 67.3 Å². The fourth-order valence-electron chi connectivity index (χ4n) is 4.62. The predicted molar refractivity (Wildman–Crippen MR) is 127 cm³/mol. The average Bonchev–Trinajstić information content (AvgIpc) is 3.38. The Bertz CT molecular complexity index is 1050. The van der Waals surface area contributed by atoms with Crippen LogP contribution in [0.25, 0.3) is 0 Å². The van der Waals surface area contributed by atoms with E-state index in [0.29, 0.717) is 30.5 Å². The Labute approximate surface area is 199 Å². The van der Waals surface area contributed by atoms with Gasteiger partial charge in [0.2, 0.25) is 5.88 Å². The molecule has 0 amide bonds. The van der Waals surface area contributed by atoms with Gasteiger partial charge >= 0.3 is 5.97 Å². The first-order valence-corrected chi connectivity index (χ1v) is 11.9. The molecule has 3 N–H and O–H groups in total. The van der Waals surface area contributed by atoms with E-state index in [0.717, 1.165) is 24.4 Å². The van der Waals surface area contributed by atoms with Gasteiger partial charge in [-0.3, -0.25) is 4.79 Å². The zero-order valence-corrected chi connectivity index (χ0v) is 19.6. The van der Waals surface area contributed by atoms with E-state index in [1.807, 2.05) is 38.1 Å². The van der Waals surface area contributed by atoms with Crippen molar-refractivity contribution in [2.24, 2.45) is 11.8 Å². The highest BCUT2D eigenvalue weighted by atomic mass is 16.5. The van der Waals surface area contributed by atoms with E-state index in [1.165, 1.54) is 18.4 Å². The fraction of sp³-hybridized carbons (Fsp3) is 0.480. The number of hydrogen-bond acceptors (Lipinski definition) is 7. The van der Waals surface area contributed by atoms with Crippen LogP contribution in [0, 0.1) is 11.8 Å².